The van der Waals surface area contributed by atoms with Crippen LogP contribution in [-0.2, 0) is 20.6 Å². The molecule has 0 radical (unpaired) electrons. The molecule has 3 heterocycles. The zero-order chi connectivity index (χ0) is 26.9. The van der Waals surface area contributed by atoms with Crippen molar-refractivity contribution in [2.45, 2.75) is 57.3 Å². The second kappa shape index (κ2) is 11.2. The Morgan fingerprint density at radius 1 is 0.974 bits per heavy atom. The maximum atomic E-state index is 15.6. The van der Waals surface area contributed by atoms with E-state index >= 15 is 8.78 Å². The van der Waals surface area contributed by atoms with Crippen molar-refractivity contribution in [1.82, 2.24) is 0 Å². The summed E-state index contributed by atoms with van der Waals surface area (Å²) in [6.07, 6.45) is 4.00. The molecular formula is C32H33F2NO4. The first-order valence-electron chi connectivity index (χ1n) is 13.8. The molecule has 3 aliphatic heterocycles. The van der Waals surface area contributed by atoms with Gasteiger partial charge in [0.25, 0.3) is 0 Å². The minimum atomic E-state index is -0.679. The van der Waals surface area contributed by atoms with E-state index in [9.17, 15) is 5.11 Å². The molecule has 39 heavy (non-hydrogen) atoms. The monoisotopic (exact) mass is 533 g/mol. The fourth-order valence-electron chi connectivity index (χ4n) is 5.83. The van der Waals surface area contributed by atoms with Gasteiger partial charge in [-0.25, -0.2) is 13.8 Å². The van der Waals surface area contributed by atoms with Gasteiger partial charge in [-0.15, -0.1) is 0 Å². The van der Waals surface area contributed by atoms with Gasteiger partial charge in [0.15, 0.2) is 11.7 Å². The van der Waals surface area contributed by atoms with Crippen LogP contribution < -0.4 is 0 Å². The molecule has 0 aliphatic carbocycles. The molecule has 6 rings (SSSR count). The molecule has 2 saturated heterocycles. The highest BCUT2D eigenvalue weighted by molar-refractivity contribution is 5.90. The van der Waals surface area contributed by atoms with Crippen LogP contribution in [0.2, 0.25) is 0 Å². The van der Waals surface area contributed by atoms with E-state index in [1.807, 2.05) is 19.1 Å². The summed E-state index contributed by atoms with van der Waals surface area (Å²) in [5, 5.41) is 9.38. The van der Waals surface area contributed by atoms with Gasteiger partial charge >= 0.3 is 0 Å². The third-order valence-corrected chi connectivity index (χ3v) is 8.07. The van der Waals surface area contributed by atoms with Crippen LogP contribution in [0.3, 0.4) is 0 Å². The van der Waals surface area contributed by atoms with Gasteiger partial charge in [-0.05, 0) is 65.5 Å². The molecular weight excluding hydrogens is 500 g/mol. The number of nitrogens with zero attached hydrogens (tertiary/aromatic N) is 1. The maximum absolute atomic E-state index is 15.6. The molecule has 7 heteroatoms. The van der Waals surface area contributed by atoms with Gasteiger partial charge in [-0.3, -0.25) is 0 Å². The first-order chi connectivity index (χ1) is 19.0. The van der Waals surface area contributed by atoms with E-state index < -0.39 is 11.6 Å². The largest absolute Gasteiger partial charge is 0.475 e. The van der Waals surface area contributed by atoms with E-state index in [2.05, 4.69) is 29.3 Å². The molecule has 3 aliphatic rings. The highest BCUT2D eigenvalue weighted by Crippen LogP contribution is 2.39. The number of rotatable bonds is 5. The quantitative estimate of drug-likeness (QED) is 0.386. The number of hydrogen-bond acceptors (Lipinski definition) is 5. The Morgan fingerprint density at radius 3 is 2.36 bits per heavy atom. The van der Waals surface area contributed by atoms with Crippen molar-refractivity contribution in [2.75, 3.05) is 19.8 Å². The van der Waals surface area contributed by atoms with Gasteiger partial charge in [0, 0.05) is 6.61 Å². The second-order valence-electron chi connectivity index (χ2n) is 10.8. The van der Waals surface area contributed by atoms with Gasteiger partial charge in [-0.1, -0.05) is 55.5 Å². The lowest BCUT2D eigenvalue weighted by atomic mass is 9.95. The predicted molar refractivity (Wildman–Crippen MR) is 146 cm³/mol. The number of halogens is 2. The van der Waals surface area contributed by atoms with Crippen molar-refractivity contribution < 1.29 is 28.1 Å². The fraction of sp³-hybridized carbons (Fsp3) is 0.406. The SMILES string of the molecule is C[C@H]1C[C@@H](OC2=Nc3c(cc(F)c(-c4ccc(-c5ccc(C6CCCCO6)cc5)cc4)c3F)C2)CO[C@@H]1CO. The van der Waals surface area contributed by atoms with Gasteiger partial charge in [0.05, 0.1) is 37.4 Å². The van der Waals surface area contributed by atoms with Crippen LogP contribution in [0.4, 0.5) is 14.5 Å². The molecule has 1 unspecified atom stereocenters. The van der Waals surface area contributed by atoms with Crippen molar-refractivity contribution in [3.05, 3.63) is 77.4 Å². The lowest BCUT2D eigenvalue weighted by molar-refractivity contribution is -0.0978. The molecule has 5 nitrogen and oxygen atoms in total. The van der Waals surface area contributed by atoms with E-state index in [0.717, 1.165) is 30.6 Å². The van der Waals surface area contributed by atoms with Crippen molar-refractivity contribution in [3.8, 4) is 22.3 Å². The summed E-state index contributed by atoms with van der Waals surface area (Å²) in [5.74, 6) is -0.804. The number of aliphatic hydroxyl groups excluding tert-OH is 1. The summed E-state index contributed by atoms with van der Waals surface area (Å²) >= 11 is 0. The third kappa shape index (κ3) is 5.36. The Morgan fingerprint density at radius 2 is 1.69 bits per heavy atom. The van der Waals surface area contributed by atoms with Crippen molar-refractivity contribution in [2.24, 2.45) is 10.9 Å². The Hall–Kier alpha value is -3.13. The first-order valence-corrected chi connectivity index (χ1v) is 13.8. The summed E-state index contributed by atoms with van der Waals surface area (Å²) in [4.78, 5) is 4.39. The van der Waals surface area contributed by atoms with Crippen LogP contribution in [0.25, 0.3) is 22.3 Å². The molecule has 204 valence electrons. The molecule has 0 amide bonds. The van der Waals surface area contributed by atoms with Crippen molar-refractivity contribution in [3.63, 3.8) is 0 Å². The van der Waals surface area contributed by atoms with Crippen molar-refractivity contribution >= 4 is 11.6 Å². The van der Waals surface area contributed by atoms with E-state index in [1.54, 1.807) is 12.1 Å². The number of benzene rings is 3. The number of ether oxygens (including phenoxy) is 3. The number of hydrogen-bond donors (Lipinski definition) is 1. The first kappa shape index (κ1) is 26.1. The summed E-state index contributed by atoms with van der Waals surface area (Å²) in [6.45, 7) is 3.10. The standard InChI is InChI=1S/C32H33F2NO4/c1-19-14-25(18-38-28(19)17-36)39-29-16-24-15-26(33)30(31(34)32(24)35-29)23-11-7-21(8-12-23)20-5-9-22(10-6-20)27-4-2-3-13-37-27/h5-12,15,19,25,27-28,36H,2-4,13-14,16-18H2,1H3/t19-,25+,27?,28+/m0/s1. The average molecular weight is 534 g/mol. The van der Waals surface area contributed by atoms with Crippen LogP contribution in [0, 0.1) is 17.6 Å². The highest BCUT2D eigenvalue weighted by atomic mass is 19.1. The Balaban J connectivity index is 1.18. The Bertz CT molecular complexity index is 1350. The molecule has 0 spiro atoms. The van der Waals surface area contributed by atoms with E-state index in [1.165, 1.54) is 18.1 Å². The molecule has 1 N–H and O–H groups in total. The Kier molecular flexibility index (Phi) is 7.47. The number of aliphatic imine (C=N–C) groups is 1. The van der Waals surface area contributed by atoms with E-state index in [-0.39, 0.29) is 48.5 Å². The van der Waals surface area contributed by atoms with Crippen LogP contribution in [0.1, 0.15) is 49.8 Å². The average Bonchev–Trinajstić information content (AvgIpc) is 3.36. The van der Waals surface area contributed by atoms with Gasteiger partial charge < -0.3 is 19.3 Å². The predicted octanol–water partition coefficient (Wildman–Crippen LogP) is 6.93. The van der Waals surface area contributed by atoms with Crippen LogP contribution in [-0.4, -0.2) is 43.0 Å². The zero-order valence-corrected chi connectivity index (χ0v) is 22.0. The van der Waals surface area contributed by atoms with Gasteiger partial charge in [-0.2, -0.15) is 0 Å². The molecule has 3 aromatic rings. The summed E-state index contributed by atoms with van der Waals surface area (Å²) < 4.78 is 48.3. The molecule has 2 fully saturated rings. The van der Waals surface area contributed by atoms with Crippen LogP contribution in [0.15, 0.2) is 59.6 Å². The number of fused-ring (bicyclic) bond motifs is 1. The third-order valence-electron chi connectivity index (χ3n) is 8.07. The van der Waals surface area contributed by atoms with Crippen LogP contribution >= 0.6 is 0 Å². The van der Waals surface area contributed by atoms with Crippen LogP contribution in [0.5, 0.6) is 0 Å². The highest BCUT2D eigenvalue weighted by Gasteiger charge is 2.32. The molecule has 4 atom stereocenters. The summed E-state index contributed by atoms with van der Waals surface area (Å²) in [7, 11) is 0. The smallest absolute Gasteiger partial charge is 0.193 e. The van der Waals surface area contributed by atoms with E-state index in [0.29, 0.717) is 30.1 Å². The molecule has 3 aromatic carbocycles. The Labute approximate surface area is 227 Å². The molecule has 0 aromatic heterocycles. The fourth-order valence-corrected chi connectivity index (χ4v) is 5.83. The minimum absolute atomic E-state index is 0.0311. The maximum Gasteiger partial charge on any atom is 0.193 e. The lowest BCUT2D eigenvalue weighted by Crippen LogP contribution is -2.40. The van der Waals surface area contributed by atoms with Crippen molar-refractivity contribution in [1.29, 1.82) is 0 Å². The lowest BCUT2D eigenvalue weighted by Gasteiger charge is -2.33. The van der Waals surface area contributed by atoms with E-state index in [4.69, 9.17) is 14.2 Å². The normalized spacial score (nSPS) is 24.8. The zero-order valence-electron chi connectivity index (χ0n) is 22.0. The molecule has 0 bridgehead atoms. The summed E-state index contributed by atoms with van der Waals surface area (Å²) in [6, 6.07) is 16.9. The van der Waals surface area contributed by atoms with Gasteiger partial charge in [0.2, 0.25) is 0 Å². The topological polar surface area (TPSA) is 60.3 Å². The molecule has 0 saturated carbocycles. The van der Waals surface area contributed by atoms with Gasteiger partial charge in [0.1, 0.15) is 17.6 Å². The second-order valence-corrected chi connectivity index (χ2v) is 10.8. The number of aliphatic hydroxyl groups is 1. The summed E-state index contributed by atoms with van der Waals surface area (Å²) in [5.41, 5.74) is 4.16. The minimum Gasteiger partial charge on any atom is -0.475 e.